The van der Waals surface area contributed by atoms with E-state index in [0.717, 1.165) is 5.56 Å². The maximum atomic E-state index is 12.7. The fraction of sp³-hybridized carbons (Fsp3) is 0.0952. The van der Waals surface area contributed by atoms with Crippen LogP contribution in [0.4, 0.5) is 5.69 Å². The highest BCUT2D eigenvalue weighted by Gasteiger charge is 2.20. The average molecular weight is 412 g/mol. The molecule has 28 heavy (non-hydrogen) atoms. The maximum absolute atomic E-state index is 12.7. The second-order valence-corrected chi connectivity index (χ2v) is 7.08. The van der Waals surface area contributed by atoms with Crippen LogP contribution >= 0.6 is 23.2 Å². The van der Waals surface area contributed by atoms with Crippen molar-refractivity contribution in [2.75, 3.05) is 5.32 Å². The molecule has 0 radical (unpaired) electrons. The van der Waals surface area contributed by atoms with Crippen LogP contribution in [0.15, 0.2) is 65.3 Å². The molecule has 0 saturated carbocycles. The van der Waals surface area contributed by atoms with Gasteiger partial charge in [0.15, 0.2) is 5.58 Å². The minimum atomic E-state index is -0.466. The predicted molar refractivity (Wildman–Crippen MR) is 111 cm³/mol. The molecule has 0 unspecified atom stereocenters. The first-order chi connectivity index (χ1) is 13.5. The lowest BCUT2D eigenvalue weighted by Crippen LogP contribution is -2.19. The minimum absolute atomic E-state index is 0.193. The molecule has 2 aromatic carbocycles. The highest BCUT2D eigenvalue weighted by molar-refractivity contribution is 6.42. The number of amides is 1. The van der Waals surface area contributed by atoms with Crippen LogP contribution in [0.1, 0.15) is 18.4 Å². The van der Waals surface area contributed by atoms with E-state index in [-0.39, 0.29) is 5.91 Å². The lowest BCUT2D eigenvalue weighted by atomic mass is 10.00. The van der Waals surface area contributed by atoms with Crippen LogP contribution in [0, 0.1) is 0 Å². The van der Waals surface area contributed by atoms with Crippen LogP contribution in [0.3, 0.4) is 0 Å². The zero-order valence-electron chi connectivity index (χ0n) is 14.8. The van der Waals surface area contributed by atoms with Gasteiger partial charge in [-0.3, -0.25) is 9.78 Å². The van der Waals surface area contributed by atoms with Crippen molar-refractivity contribution in [3.63, 3.8) is 0 Å². The van der Waals surface area contributed by atoms with Gasteiger partial charge in [-0.1, -0.05) is 35.3 Å². The number of carbonyl (C=O) groups excluding carboxylic acids is 1. The first-order valence-electron chi connectivity index (χ1n) is 8.58. The number of halogens is 2. The average Bonchev–Trinajstić information content (AvgIpc) is 3.13. The van der Waals surface area contributed by atoms with Gasteiger partial charge in [0, 0.05) is 23.6 Å². The standard InChI is InChI=1S/C21H15Cl2N3O2/c1-12(15-3-2-4-16(22)19(15)23)20(27)25-14-5-6-18-17(11-14)26-21(28-18)13-7-9-24-10-8-13/h2-12H,1H3,(H,25,27)/t12-/m1/s1. The molecular formula is C21H15Cl2N3O2. The van der Waals surface area contributed by atoms with Gasteiger partial charge in [0.2, 0.25) is 11.8 Å². The van der Waals surface area contributed by atoms with Crippen molar-refractivity contribution in [1.29, 1.82) is 0 Å². The van der Waals surface area contributed by atoms with Crippen molar-refractivity contribution in [2.24, 2.45) is 0 Å². The number of nitrogens with zero attached hydrogens (tertiary/aromatic N) is 2. The second-order valence-electron chi connectivity index (χ2n) is 6.29. The number of fused-ring (bicyclic) bond motifs is 1. The third kappa shape index (κ3) is 3.59. The third-order valence-electron chi connectivity index (χ3n) is 4.42. The zero-order chi connectivity index (χ0) is 19.7. The Balaban J connectivity index is 1.57. The van der Waals surface area contributed by atoms with E-state index >= 15 is 0 Å². The Morgan fingerprint density at radius 1 is 1.11 bits per heavy atom. The Kier molecular flexibility index (Phi) is 5.03. The molecule has 0 bridgehead atoms. The first kappa shape index (κ1) is 18.5. The van der Waals surface area contributed by atoms with Gasteiger partial charge in [-0.15, -0.1) is 0 Å². The molecule has 0 saturated heterocycles. The number of carbonyl (C=O) groups is 1. The van der Waals surface area contributed by atoms with Gasteiger partial charge < -0.3 is 9.73 Å². The van der Waals surface area contributed by atoms with E-state index in [0.29, 0.717) is 38.3 Å². The SMILES string of the molecule is C[C@@H](C(=O)Nc1ccc2oc(-c3ccncc3)nc2c1)c1cccc(Cl)c1Cl. The quantitative estimate of drug-likeness (QED) is 0.451. The van der Waals surface area contributed by atoms with E-state index in [4.69, 9.17) is 27.6 Å². The summed E-state index contributed by atoms with van der Waals surface area (Å²) in [7, 11) is 0. The molecule has 1 atom stereocenters. The van der Waals surface area contributed by atoms with Gasteiger partial charge in [0.1, 0.15) is 5.52 Å². The predicted octanol–water partition coefficient (Wildman–Crippen LogP) is 5.94. The molecule has 2 aromatic heterocycles. The summed E-state index contributed by atoms with van der Waals surface area (Å²) in [5.74, 6) is -0.159. The number of anilines is 1. The number of rotatable bonds is 4. The van der Waals surface area contributed by atoms with E-state index in [9.17, 15) is 4.79 Å². The molecule has 0 fully saturated rings. The van der Waals surface area contributed by atoms with Gasteiger partial charge in [-0.2, -0.15) is 0 Å². The Bertz CT molecular complexity index is 1160. The van der Waals surface area contributed by atoms with E-state index in [1.165, 1.54) is 0 Å². The summed E-state index contributed by atoms with van der Waals surface area (Å²) in [6, 6.07) is 14.2. The number of benzene rings is 2. The fourth-order valence-electron chi connectivity index (χ4n) is 2.87. The zero-order valence-corrected chi connectivity index (χ0v) is 16.3. The van der Waals surface area contributed by atoms with Gasteiger partial charge in [0.05, 0.1) is 16.0 Å². The summed E-state index contributed by atoms with van der Waals surface area (Å²) < 4.78 is 5.78. The monoisotopic (exact) mass is 411 g/mol. The molecule has 1 N–H and O–H groups in total. The van der Waals surface area contributed by atoms with Crippen molar-refractivity contribution in [1.82, 2.24) is 9.97 Å². The van der Waals surface area contributed by atoms with Gasteiger partial charge in [0.25, 0.3) is 0 Å². The number of aromatic nitrogens is 2. The van der Waals surface area contributed by atoms with E-state index in [1.54, 1.807) is 55.7 Å². The largest absolute Gasteiger partial charge is 0.436 e. The lowest BCUT2D eigenvalue weighted by Gasteiger charge is -2.14. The van der Waals surface area contributed by atoms with Gasteiger partial charge in [-0.05, 0) is 48.9 Å². The number of oxazole rings is 1. The molecule has 7 heteroatoms. The molecule has 0 aliphatic carbocycles. The topological polar surface area (TPSA) is 68.0 Å². The van der Waals surface area contributed by atoms with Crippen molar-refractivity contribution in [3.8, 4) is 11.5 Å². The number of hydrogen-bond donors (Lipinski definition) is 1. The molecule has 0 spiro atoms. The summed E-state index contributed by atoms with van der Waals surface area (Å²) in [4.78, 5) is 21.2. The van der Waals surface area contributed by atoms with Crippen molar-refractivity contribution in [2.45, 2.75) is 12.8 Å². The van der Waals surface area contributed by atoms with Crippen LogP contribution in [0.2, 0.25) is 10.0 Å². The number of hydrogen-bond acceptors (Lipinski definition) is 4. The normalized spacial score (nSPS) is 12.1. The molecule has 2 heterocycles. The van der Waals surface area contributed by atoms with Crippen LogP contribution in [0.25, 0.3) is 22.6 Å². The first-order valence-corrected chi connectivity index (χ1v) is 9.34. The van der Waals surface area contributed by atoms with E-state index < -0.39 is 5.92 Å². The Hall–Kier alpha value is -2.89. The Labute approximate surface area is 171 Å². The van der Waals surface area contributed by atoms with E-state index in [1.807, 2.05) is 12.1 Å². The number of nitrogens with one attached hydrogen (secondary N) is 1. The lowest BCUT2D eigenvalue weighted by molar-refractivity contribution is -0.117. The van der Waals surface area contributed by atoms with Crippen molar-refractivity contribution in [3.05, 3.63) is 76.5 Å². The minimum Gasteiger partial charge on any atom is -0.436 e. The number of pyridine rings is 1. The Morgan fingerprint density at radius 2 is 1.89 bits per heavy atom. The van der Waals surface area contributed by atoms with Crippen LogP contribution in [-0.2, 0) is 4.79 Å². The highest BCUT2D eigenvalue weighted by atomic mass is 35.5. The van der Waals surface area contributed by atoms with Crippen molar-refractivity contribution < 1.29 is 9.21 Å². The molecule has 4 aromatic rings. The maximum Gasteiger partial charge on any atom is 0.231 e. The molecule has 0 aliphatic rings. The van der Waals surface area contributed by atoms with Crippen LogP contribution in [-0.4, -0.2) is 15.9 Å². The van der Waals surface area contributed by atoms with Crippen LogP contribution < -0.4 is 5.32 Å². The summed E-state index contributed by atoms with van der Waals surface area (Å²) in [6.45, 7) is 1.78. The van der Waals surface area contributed by atoms with Crippen LogP contribution in [0.5, 0.6) is 0 Å². The van der Waals surface area contributed by atoms with Gasteiger partial charge in [-0.25, -0.2) is 4.98 Å². The molecule has 0 aliphatic heterocycles. The highest BCUT2D eigenvalue weighted by Crippen LogP contribution is 2.32. The smallest absolute Gasteiger partial charge is 0.231 e. The van der Waals surface area contributed by atoms with Crippen molar-refractivity contribution >= 4 is 45.9 Å². The van der Waals surface area contributed by atoms with E-state index in [2.05, 4.69) is 15.3 Å². The van der Waals surface area contributed by atoms with Gasteiger partial charge >= 0.3 is 0 Å². The summed E-state index contributed by atoms with van der Waals surface area (Å²) in [5.41, 5.74) is 3.42. The molecular weight excluding hydrogens is 397 g/mol. The molecule has 4 rings (SSSR count). The molecule has 5 nitrogen and oxygen atoms in total. The second kappa shape index (κ2) is 7.62. The summed E-state index contributed by atoms with van der Waals surface area (Å²) in [6.07, 6.45) is 3.36. The molecule has 140 valence electrons. The Morgan fingerprint density at radius 3 is 2.68 bits per heavy atom. The molecule has 1 amide bonds. The fourth-order valence-corrected chi connectivity index (χ4v) is 3.34. The summed E-state index contributed by atoms with van der Waals surface area (Å²) in [5, 5.41) is 3.71. The third-order valence-corrected chi connectivity index (χ3v) is 5.26. The summed E-state index contributed by atoms with van der Waals surface area (Å²) >= 11 is 12.3.